The predicted octanol–water partition coefficient (Wildman–Crippen LogP) is 7.00. The Labute approximate surface area is 193 Å². The van der Waals surface area contributed by atoms with Crippen molar-refractivity contribution in [3.63, 3.8) is 0 Å². The Morgan fingerprint density at radius 2 is 1.71 bits per heavy atom. The quantitative estimate of drug-likeness (QED) is 0.393. The number of ether oxygens (including phenoxy) is 1. The van der Waals surface area contributed by atoms with Crippen LogP contribution in [0.5, 0.6) is 5.75 Å². The van der Waals surface area contributed by atoms with E-state index in [-0.39, 0.29) is 29.2 Å². The highest BCUT2D eigenvalue weighted by atomic mass is 19.4. The van der Waals surface area contributed by atoms with Gasteiger partial charge in [-0.05, 0) is 73.2 Å². The predicted molar refractivity (Wildman–Crippen MR) is 119 cm³/mol. The number of carbonyl (C=O) groups is 1. The molecule has 0 bridgehead atoms. The van der Waals surface area contributed by atoms with E-state index in [0.717, 1.165) is 25.0 Å². The first-order chi connectivity index (χ1) is 16.2. The molecular weight excluding hydrogens is 450 g/mol. The lowest BCUT2D eigenvalue weighted by Crippen LogP contribution is -2.09. The van der Waals surface area contributed by atoms with Gasteiger partial charge in [-0.3, -0.25) is 0 Å². The molecular formula is C26H21F4NO3. The number of aromatic nitrogens is 1. The van der Waals surface area contributed by atoms with Gasteiger partial charge in [0, 0.05) is 11.1 Å². The van der Waals surface area contributed by atoms with E-state index in [9.17, 15) is 27.5 Å². The van der Waals surface area contributed by atoms with Crippen LogP contribution in [-0.4, -0.2) is 16.1 Å². The number of pyridine rings is 1. The molecule has 4 nitrogen and oxygen atoms in total. The number of alkyl halides is 3. The number of hydrogen-bond acceptors (Lipinski definition) is 3. The van der Waals surface area contributed by atoms with E-state index < -0.39 is 23.5 Å². The molecule has 0 fully saturated rings. The first-order valence-electron chi connectivity index (χ1n) is 10.7. The zero-order valence-electron chi connectivity index (χ0n) is 18.0. The van der Waals surface area contributed by atoms with Crippen LogP contribution in [-0.2, 0) is 12.8 Å². The summed E-state index contributed by atoms with van der Waals surface area (Å²) in [5.41, 5.74) is 1.28. The third kappa shape index (κ3) is 5.11. The lowest BCUT2D eigenvalue weighted by Gasteiger charge is -2.23. The average molecular weight is 471 g/mol. The van der Waals surface area contributed by atoms with Crippen LogP contribution in [0, 0.1) is 5.82 Å². The smallest absolute Gasteiger partial charge is 0.416 e. The summed E-state index contributed by atoms with van der Waals surface area (Å²) < 4.78 is 60.5. The van der Waals surface area contributed by atoms with E-state index in [1.807, 2.05) is 0 Å². The number of allylic oxidation sites excluding steroid dienone is 2. The third-order valence-electron chi connectivity index (χ3n) is 5.72. The average Bonchev–Trinajstić information content (AvgIpc) is 2.83. The number of halogens is 4. The van der Waals surface area contributed by atoms with Gasteiger partial charge in [0.05, 0.1) is 11.3 Å². The largest absolute Gasteiger partial charge is 0.488 e. The minimum Gasteiger partial charge on any atom is -0.488 e. The first kappa shape index (κ1) is 23.5. The molecule has 0 saturated carbocycles. The van der Waals surface area contributed by atoms with Gasteiger partial charge in [0.1, 0.15) is 23.9 Å². The van der Waals surface area contributed by atoms with Crippen molar-refractivity contribution in [2.24, 2.45) is 0 Å². The molecule has 0 radical (unpaired) electrons. The van der Waals surface area contributed by atoms with E-state index >= 15 is 0 Å². The maximum Gasteiger partial charge on any atom is 0.416 e. The standard InChI is InChI=1S/C26H21F4NO3/c27-21-9-4-1-6-16(21)15-34-24-13-12-17(26(28,29)30)14-20(24)18-7-2-3-8-19(18)22-10-5-11-23(31-22)25(32)33/h1,4-6,9-14H,2-3,7-8,15H2,(H,32,33). The summed E-state index contributed by atoms with van der Waals surface area (Å²) in [5, 5.41) is 9.31. The summed E-state index contributed by atoms with van der Waals surface area (Å²) in [6, 6.07) is 13.8. The summed E-state index contributed by atoms with van der Waals surface area (Å²) in [6.07, 6.45) is -2.00. The van der Waals surface area contributed by atoms with E-state index in [1.54, 1.807) is 30.3 Å². The van der Waals surface area contributed by atoms with Crippen LogP contribution in [0.4, 0.5) is 17.6 Å². The second kappa shape index (κ2) is 9.67. The Hall–Kier alpha value is -3.68. The van der Waals surface area contributed by atoms with Gasteiger partial charge in [-0.25, -0.2) is 14.2 Å². The van der Waals surface area contributed by atoms with Crippen LogP contribution < -0.4 is 4.74 Å². The topological polar surface area (TPSA) is 59.4 Å². The fourth-order valence-electron chi connectivity index (χ4n) is 4.05. The van der Waals surface area contributed by atoms with Crippen LogP contribution in [0.3, 0.4) is 0 Å². The Bertz CT molecular complexity index is 1250. The van der Waals surface area contributed by atoms with Crippen molar-refractivity contribution in [3.05, 3.63) is 94.6 Å². The van der Waals surface area contributed by atoms with Crippen molar-refractivity contribution in [2.75, 3.05) is 0 Å². The summed E-state index contributed by atoms with van der Waals surface area (Å²) in [5.74, 6) is -1.46. The Morgan fingerprint density at radius 1 is 0.971 bits per heavy atom. The Balaban J connectivity index is 1.82. The molecule has 0 spiro atoms. The summed E-state index contributed by atoms with van der Waals surface area (Å²) >= 11 is 0. The van der Waals surface area contributed by atoms with Gasteiger partial charge in [0.25, 0.3) is 0 Å². The number of carboxylic acid groups (broad SMARTS) is 1. The Kier molecular flexibility index (Phi) is 6.68. The molecule has 1 aliphatic carbocycles. The lowest BCUT2D eigenvalue weighted by molar-refractivity contribution is -0.137. The molecule has 34 heavy (non-hydrogen) atoms. The van der Waals surface area contributed by atoms with Gasteiger partial charge in [0.2, 0.25) is 0 Å². The van der Waals surface area contributed by atoms with Crippen molar-refractivity contribution in [2.45, 2.75) is 38.5 Å². The molecule has 1 heterocycles. The van der Waals surface area contributed by atoms with Crippen LogP contribution in [0.25, 0.3) is 11.1 Å². The molecule has 0 atom stereocenters. The van der Waals surface area contributed by atoms with Gasteiger partial charge < -0.3 is 9.84 Å². The van der Waals surface area contributed by atoms with E-state index in [4.69, 9.17) is 4.74 Å². The van der Waals surface area contributed by atoms with E-state index in [0.29, 0.717) is 29.7 Å². The zero-order valence-corrected chi connectivity index (χ0v) is 18.0. The molecule has 2 aromatic carbocycles. The number of hydrogen-bond donors (Lipinski definition) is 1. The SMILES string of the molecule is O=C(O)c1cccc(C2=C(c3cc(C(F)(F)F)ccc3OCc3ccccc3F)CCCC2)n1. The summed E-state index contributed by atoms with van der Waals surface area (Å²) in [7, 11) is 0. The normalized spacial score (nSPS) is 14.2. The van der Waals surface area contributed by atoms with Gasteiger partial charge in [-0.2, -0.15) is 13.2 Å². The van der Waals surface area contributed by atoms with Crippen LogP contribution in [0.15, 0.2) is 60.7 Å². The van der Waals surface area contributed by atoms with Crippen molar-refractivity contribution in [1.82, 2.24) is 4.98 Å². The minimum absolute atomic E-state index is 0.144. The highest BCUT2D eigenvalue weighted by Crippen LogP contribution is 2.43. The second-order valence-electron chi connectivity index (χ2n) is 7.97. The Morgan fingerprint density at radius 3 is 2.41 bits per heavy atom. The monoisotopic (exact) mass is 471 g/mol. The van der Waals surface area contributed by atoms with Crippen LogP contribution >= 0.6 is 0 Å². The van der Waals surface area contributed by atoms with Crippen LogP contribution in [0.2, 0.25) is 0 Å². The van der Waals surface area contributed by atoms with E-state index in [2.05, 4.69) is 4.98 Å². The molecule has 1 aliphatic rings. The molecule has 4 rings (SSSR count). The number of nitrogens with zero attached hydrogens (tertiary/aromatic N) is 1. The molecule has 1 aromatic heterocycles. The van der Waals surface area contributed by atoms with Gasteiger partial charge >= 0.3 is 12.1 Å². The lowest BCUT2D eigenvalue weighted by atomic mass is 9.84. The summed E-state index contributed by atoms with van der Waals surface area (Å²) in [6.45, 7) is -0.152. The molecule has 0 saturated heterocycles. The molecule has 0 amide bonds. The molecule has 3 aromatic rings. The van der Waals surface area contributed by atoms with Gasteiger partial charge in [-0.15, -0.1) is 0 Å². The number of benzene rings is 2. The molecule has 176 valence electrons. The third-order valence-corrected chi connectivity index (χ3v) is 5.72. The summed E-state index contributed by atoms with van der Waals surface area (Å²) in [4.78, 5) is 15.6. The van der Waals surface area contributed by atoms with Crippen molar-refractivity contribution in [3.8, 4) is 5.75 Å². The van der Waals surface area contributed by atoms with E-state index in [1.165, 1.54) is 18.2 Å². The molecule has 0 unspecified atom stereocenters. The maximum absolute atomic E-state index is 14.1. The number of carboxylic acids is 1. The van der Waals surface area contributed by atoms with Crippen molar-refractivity contribution in [1.29, 1.82) is 0 Å². The van der Waals surface area contributed by atoms with Crippen molar-refractivity contribution < 1.29 is 32.2 Å². The molecule has 1 N–H and O–H groups in total. The van der Waals surface area contributed by atoms with Crippen LogP contribution in [0.1, 0.15) is 58.6 Å². The fraction of sp³-hybridized carbons (Fsp3) is 0.231. The molecule has 8 heteroatoms. The van der Waals surface area contributed by atoms with Crippen molar-refractivity contribution >= 4 is 17.1 Å². The highest BCUT2D eigenvalue weighted by molar-refractivity contribution is 5.93. The first-order valence-corrected chi connectivity index (χ1v) is 10.7. The number of aromatic carboxylic acids is 1. The fourth-order valence-corrected chi connectivity index (χ4v) is 4.05. The highest BCUT2D eigenvalue weighted by Gasteiger charge is 2.32. The number of rotatable bonds is 6. The van der Waals surface area contributed by atoms with Gasteiger partial charge in [0.15, 0.2) is 0 Å². The minimum atomic E-state index is -4.56. The zero-order chi connectivity index (χ0) is 24.3. The molecule has 0 aliphatic heterocycles. The van der Waals surface area contributed by atoms with Gasteiger partial charge in [-0.1, -0.05) is 24.3 Å². The maximum atomic E-state index is 14.1. The second-order valence-corrected chi connectivity index (χ2v) is 7.97.